The molecule has 1 aliphatic rings. The van der Waals surface area contributed by atoms with E-state index < -0.39 is 0 Å². The summed E-state index contributed by atoms with van der Waals surface area (Å²) in [7, 11) is 0. The Kier molecular flexibility index (Phi) is 2.65. The summed E-state index contributed by atoms with van der Waals surface area (Å²) in [6, 6.07) is 17.1. The number of anilines is 1. The Hall–Kier alpha value is -2.06. The second-order valence-corrected chi connectivity index (χ2v) is 4.43. The van der Waals surface area contributed by atoms with E-state index >= 15 is 0 Å². The molecule has 1 amide bonds. The fourth-order valence-electron chi connectivity index (χ4n) is 2.06. The first-order valence-electron chi connectivity index (χ1n) is 5.63. The van der Waals surface area contributed by atoms with Gasteiger partial charge in [-0.2, -0.15) is 0 Å². The largest absolute Gasteiger partial charge is 0.321 e. The van der Waals surface area contributed by atoms with Crippen molar-refractivity contribution in [3.63, 3.8) is 0 Å². The van der Waals surface area contributed by atoms with Gasteiger partial charge < -0.3 is 5.32 Å². The highest BCUT2D eigenvalue weighted by Crippen LogP contribution is 2.38. The van der Waals surface area contributed by atoms with Gasteiger partial charge in [0.1, 0.15) is 0 Å². The van der Waals surface area contributed by atoms with E-state index in [1.165, 1.54) is 0 Å². The SMILES string of the molecule is O=C1Nc2ccccc2/C1=C(\Cl)c1ccccc1. The van der Waals surface area contributed by atoms with Gasteiger partial charge >= 0.3 is 0 Å². The Balaban J connectivity index is 2.20. The number of para-hydroxylation sites is 1. The van der Waals surface area contributed by atoms with Crippen molar-refractivity contribution in [1.29, 1.82) is 0 Å². The molecule has 0 fully saturated rings. The van der Waals surface area contributed by atoms with Crippen LogP contribution < -0.4 is 5.32 Å². The second kappa shape index (κ2) is 4.31. The molecule has 3 heteroatoms. The van der Waals surface area contributed by atoms with E-state index in [2.05, 4.69) is 5.32 Å². The highest BCUT2D eigenvalue weighted by molar-refractivity contribution is 6.59. The van der Waals surface area contributed by atoms with Crippen LogP contribution in [0.4, 0.5) is 5.69 Å². The summed E-state index contributed by atoms with van der Waals surface area (Å²) in [4.78, 5) is 12.0. The molecule has 0 aliphatic carbocycles. The van der Waals surface area contributed by atoms with Gasteiger partial charge in [0.2, 0.25) is 0 Å². The average Bonchev–Trinajstić information content (AvgIpc) is 2.75. The van der Waals surface area contributed by atoms with Gasteiger partial charge in [-0.25, -0.2) is 0 Å². The molecule has 1 heterocycles. The molecular formula is C15H10ClNO. The van der Waals surface area contributed by atoms with Crippen LogP contribution in [0.25, 0.3) is 10.6 Å². The number of fused-ring (bicyclic) bond motifs is 1. The highest BCUT2D eigenvalue weighted by Gasteiger charge is 2.26. The predicted octanol–water partition coefficient (Wildman–Crippen LogP) is 3.75. The number of hydrogen-bond acceptors (Lipinski definition) is 1. The monoisotopic (exact) mass is 255 g/mol. The maximum Gasteiger partial charge on any atom is 0.257 e. The molecule has 0 atom stereocenters. The maximum atomic E-state index is 12.0. The Morgan fingerprint density at radius 2 is 1.61 bits per heavy atom. The summed E-state index contributed by atoms with van der Waals surface area (Å²) in [5, 5.41) is 3.30. The van der Waals surface area contributed by atoms with Gasteiger partial charge in [-0.15, -0.1) is 0 Å². The molecule has 1 aliphatic heterocycles. The van der Waals surface area contributed by atoms with Crippen LogP contribution >= 0.6 is 11.6 Å². The van der Waals surface area contributed by atoms with Crippen LogP contribution in [0.1, 0.15) is 11.1 Å². The molecule has 2 nitrogen and oxygen atoms in total. The summed E-state index contributed by atoms with van der Waals surface area (Å²) in [6.45, 7) is 0. The van der Waals surface area contributed by atoms with Crippen LogP contribution in [0.5, 0.6) is 0 Å². The van der Waals surface area contributed by atoms with Gasteiger partial charge in [0.25, 0.3) is 5.91 Å². The zero-order chi connectivity index (χ0) is 12.5. The second-order valence-electron chi connectivity index (χ2n) is 4.05. The first-order chi connectivity index (χ1) is 8.77. The predicted molar refractivity (Wildman–Crippen MR) is 74.2 cm³/mol. The smallest absolute Gasteiger partial charge is 0.257 e. The van der Waals surface area contributed by atoms with Crippen LogP contribution in [0.3, 0.4) is 0 Å². The lowest BCUT2D eigenvalue weighted by molar-refractivity contribution is -0.110. The number of hydrogen-bond donors (Lipinski definition) is 1. The van der Waals surface area contributed by atoms with Crippen molar-refractivity contribution in [1.82, 2.24) is 0 Å². The normalized spacial score (nSPS) is 16.2. The lowest BCUT2D eigenvalue weighted by atomic mass is 10.0. The Morgan fingerprint density at radius 3 is 2.39 bits per heavy atom. The Bertz CT molecular complexity index is 647. The number of carbonyl (C=O) groups is 1. The average molecular weight is 256 g/mol. The van der Waals surface area contributed by atoms with Gasteiger partial charge in [0, 0.05) is 11.3 Å². The molecule has 0 bridgehead atoms. The molecule has 0 spiro atoms. The van der Waals surface area contributed by atoms with E-state index in [1.54, 1.807) is 0 Å². The molecule has 0 unspecified atom stereocenters. The van der Waals surface area contributed by atoms with Crippen molar-refractivity contribution in [3.05, 3.63) is 65.7 Å². The number of nitrogens with one attached hydrogen (secondary N) is 1. The van der Waals surface area contributed by atoms with Crippen LogP contribution in [-0.4, -0.2) is 5.91 Å². The number of rotatable bonds is 1. The molecule has 0 saturated heterocycles. The van der Waals surface area contributed by atoms with Crippen molar-refractivity contribution in [2.75, 3.05) is 5.32 Å². The van der Waals surface area contributed by atoms with Crippen molar-refractivity contribution in [3.8, 4) is 0 Å². The van der Waals surface area contributed by atoms with Crippen LogP contribution in [0.15, 0.2) is 54.6 Å². The molecule has 0 saturated carbocycles. The van der Waals surface area contributed by atoms with Crippen molar-refractivity contribution in [2.45, 2.75) is 0 Å². The summed E-state index contributed by atoms with van der Waals surface area (Å²) in [5.41, 5.74) is 3.06. The number of halogens is 1. The minimum atomic E-state index is -0.148. The molecule has 0 aromatic heterocycles. The molecule has 88 valence electrons. The first-order valence-corrected chi connectivity index (χ1v) is 6.01. The molecule has 18 heavy (non-hydrogen) atoms. The zero-order valence-corrected chi connectivity index (χ0v) is 10.2. The fraction of sp³-hybridized carbons (Fsp3) is 0. The van der Waals surface area contributed by atoms with Crippen molar-refractivity contribution < 1.29 is 4.79 Å². The Morgan fingerprint density at radius 1 is 0.944 bits per heavy atom. The number of carbonyl (C=O) groups excluding carboxylic acids is 1. The summed E-state index contributed by atoms with van der Waals surface area (Å²) in [5.74, 6) is -0.148. The summed E-state index contributed by atoms with van der Waals surface area (Å²) >= 11 is 6.35. The van der Waals surface area contributed by atoms with E-state index in [-0.39, 0.29) is 5.91 Å². The molecular weight excluding hydrogens is 246 g/mol. The van der Waals surface area contributed by atoms with Gasteiger partial charge in [-0.3, -0.25) is 4.79 Å². The van der Waals surface area contributed by atoms with E-state index in [0.717, 1.165) is 16.8 Å². The molecule has 2 aromatic carbocycles. The summed E-state index contributed by atoms with van der Waals surface area (Å²) < 4.78 is 0. The fourth-order valence-corrected chi connectivity index (χ4v) is 2.38. The quantitative estimate of drug-likeness (QED) is 0.773. The highest BCUT2D eigenvalue weighted by atomic mass is 35.5. The molecule has 0 radical (unpaired) electrons. The first kappa shape index (κ1) is 11.1. The maximum absolute atomic E-state index is 12.0. The van der Waals surface area contributed by atoms with E-state index in [9.17, 15) is 4.79 Å². The summed E-state index contributed by atoms with van der Waals surface area (Å²) in [6.07, 6.45) is 0. The lowest BCUT2D eigenvalue weighted by Gasteiger charge is -2.03. The Labute approximate surface area is 110 Å². The number of benzene rings is 2. The minimum absolute atomic E-state index is 0.148. The van der Waals surface area contributed by atoms with Crippen LogP contribution in [0.2, 0.25) is 0 Å². The third-order valence-corrected chi connectivity index (χ3v) is 3.33. The van der Waals surface area contributed by atoms with Crippen LogP contribution in [0, 0.1) is 0 Å². The molecule has 3 rings (SSSR count). The van der Waals surface area contributed by atoms with Gasteiger partial charge in [0.05, 0.1) is 10.6 Å². The van der Waals surface area contributed by atoms with Crippen molar-refractivity contribution >= 4 is 33.8 Å². The van der Waals surface area contributed by atoms with E-state index in [4.69, 9.17) is 11.6 Å². The number of amides is 1. The van der Waals surface area contributed by atoms with Crippen LogP contribution in [-0.2, 0) is 4.79 Å². The molecule has 2 aromatic rings. The van der Waals surface area contributed by atoms with Gasteiger partial charge in [-0.1, -0.05) is 60.1 Å². The lowest BCUT2D eigenvalue weighted by Crippen LogP contribution is -2.04. The van der Waals surface area contributed by atoms with Crippen molar-refractivity contribution in [2.24, 2.45) is 0 Å². The zero-order valence-electron chi connectivity index (χ0n) is 9.48. The van der Waals surface area contributed by atoms with Gasteiger partial charge in [0.15, 0.2) is 0 Å². The minimum Gasteiger partial charge on any atom is -0.321 e. The molecule has 1 N–H and O–H groups in total. The van der Waals surface area contributed by atoms with E-state index in [1.807, 2.05) is 54.6 Å². The van der Waals surface area contributed by atoms with Gasteiger partial charge in [-0.05, 0) is 11.6 Å². The third-order valence-electron chi connectivity index (χ3n) is 2.92. The topological polar surface area (TPSA) is 29.1 Å². The third kappa shape index (κ3) is 1.71. The standard InChI is InChI=1S/C15H10ClNO/c16-14(10-6-2-1-3-7-10)13-11-8-4-5-9-12(11)17-15(13)18/h1-9H,(H,17,18)/b14-13+. The van der Waals surface area contributed by atoms with E-state index in [0.29, 0.717) is 10.6 Å².